The number of aromatic amines is 1. The van der Waals surface area contributed by atoms with Crippen molar-refractivity contribution in [2.45, 2.75) is 31.9 Å². The van der Waals surface area contributed by atoms with Crippen LogP contribution in [0.5, 0.6) is 5.75 Å². The molecule has 1 saturated heterocycles. The Morgan fingerprint density at radius 3 is 2.55 bits per heavy atom. The summed E-state index contributed by atoms with van der Waals surface area (Å²) >= 11 is 0.931. The fraction of sp³-hybridized carbons (Fsp3) is 0.350. The first-order valence-corrected chi connectivity index (χ1v) is 13.3. The summed E-state index contributed by atoms with van der Waals surface area (Å²) in [5.41, 5.74) is 2.36. The van der Waals surface area contributed by atoms with Gasteiger partial charge in [-0.15, -0.1) is 11.3 Å². The minimum Gasteiger partial charge on any atom is -0.503 e. The molecule has 0 aromatic carbocycles. The van der Waals surface area contributed by atoms with Crippen LogP contribution in [0.15, 0.2) is 27.6 Å². The molecule has 0 radical (unpaired) electrons. The number of H-pyrrole nitrogens is 1. The van der Waals surface area contributed by atoms with E-state index in [-0.39, 0.29) is 20.9 Å². The number of nitrogens with two attached hydrogens (primary N) is 1. The number of aromatic nitrogens is 2. The first-order chi connectivity index (χ1) is 18.5. The van der Waals surface area contributed by atoms with E-state index in [1.165, 1.54) is 5.38 Å². The number of carbonyl (C=O) groups is 4. The van der Waals surface area contributed by atoms with Crippen molar-refractivity contribution in [2.24, 2.45) is 11.1 Å². The fourth-order valence-corrected chi connectivity index (χ4v) is 4.81. The van der Waals surface area contributed by atoms with Crippen molar-refractivity contribution in [3.8, 4) is 5.75 Å². The molecule has 0 aliphatic carbocycles. The number of carboxylic acids is 1. The second kappa shape index (κ2) is 11.3. The summed E-state index contributed by atoms with van der Waals surface area (Å²) in [6.07, 6.45) is 0.220. The summed E-state index contributed by atoms with van der Waals surface area (Å²) in [5, 5.41) is 28.0. The van der Waals surface area contributed by atoms with Gasteiger partial charge in [-0.3, -0.25) is 24.3 Å². The highest BCUT2D eigenvalue weighted by molar-refractivity contribution is 7.84. The molecular formula is C20H23N7O11S2. The predicted molar refractivity (Wildman–Crippen MR) is 137 cm³/mol. The standard InChI is InChI=1S/C20H23N7O11S2/c1-20(2,17(32)33)38-26-15(9-7-39-18(21)24-9)12(29)3-8-10(27(16(8)31)40(35,36)37)5-23-19(34)25-14-4-11(28)13(30)6-22-14/h4,6-8,10,30H,3,5H2,1-2H3,(H2,21,24)(H,32,33)(H,35,36,37)(H3,22,23,25,28,34)/b26-15-/t8-,10+/m0/s1. The number of hydrogen-bond donors (Lipinski definition) is 7. The van der Waals surface area contributed by atoms with Crippen molar-refractivity contribution >= 4 is 62.0 Å². The lowest BCUT2D eigenvalue weighted by molar-refractivity contribution is -0.161. The highest BCUT2D eigenvalue weighted by Gasteiger charge is 2.54. The molecule has 0 spiro atoms. The monoisotopic (exact) mass is 601 g/mol. The summed E-state index contributed by atoms with van der Waals surface area (Å²) in [7, 11) is -5.08. The van der Waals surface area contributed by atoms with Crippen molar-refractivity contribution < 1.29 is 47.2 Å². The number of Topliss-reactive ketones (excluding diaryl/α,β-unsaturated/α-hetero) is 1. The number of aliphatic carboxylic acids is 1. The number of ketones is 1. The second-order valence-electron chi connectivity index (χ2n) is 8.76. The number of carboxylic acid groups (broad SMARTS) is 1. The lowest BCUT2D eigenvalue weighted by atomic mass is 9.84. The summed E-state index contributed by atoms with van der Waals surface area (Å²) in [4.78, 5) is 72.2. The zero-order chi connectivity index (χ0) is 30.0. The molecule has 0 bridgehead atoms. The average Bonchev–Trinajstić information content (AvgIpc) is 3.27. The number of aromatic hydroxyl groups is 1. The number of carbonyl (C=O) groups excluding carboxylic acids is 3. The van der Waals surface area contributed by atoms with Gasteiger partial charge in [0.25, 0.3) is 0 Å². The van der Waals surface area contributed by atoms with Crippen molar-refractivity contribution in [1.29, 1.82) is 0 Å². The molecule has 18 nitrogen and oxygen atoms in total. The van der Waals surface area contributed by atoms with Gasteiger partial charge in [-0.2, -0.15) is 8.42 Å². The normalized spacial score (nSPS) is 17.6. The number of rotatable bonds is 11. The van der Waals surface area contributed by atoms with E-state index in [9.17, 15) is 47.2 Å². The molecule has 1 fully saturated rings. The van der Waals surface area contributed by atoms with Crippen LogP contribution < -0.4 is 21.8 Å². The summed E-state index contributed by atoms with van der Waals surface area (Å²) < 4.78 is 33.1. The molecule has 1 aliphatic heterocycles. The van der Waals surface area contributed by atoms with Gasteiger partial charge in [-0.1, -0.05) is 5.16 Å². The molecular weight excluding hydrogens is 578 g/mol. The number of nitrogens with one attached hydrogen (secondary N) is 3. The number of β-lactam (4-membered cyclic amide) rings is 1. The molecule has 0 unspecified atom stereocenters. The molecule has 2 aromatic rings. The van der Waals surface area contributed by atoms with Crippen molar-refractivity contribution in [1.82, 2.24) is 19.6 Å². The molecule has 8 N–H and O–H groups in total. The quantitative estimate of drug-likeness (QED) is 0.0713. The number of oxime groups is 1. The van der Waals surface area contributed by atoms with E-state index in [0.29, 0.717) is 0 Å². The Hall–Kier alpha value is -4.56. The van der Waals surface area contributed by atoms with E-state index in [2.05, 4.69) is 25.8 Å². The topological polar surface area (TPSA) is 284 Å². The Morgan fingerprint density at radius 1 is 1.32 bits per heavy atom. The molecule has 3 heterocycles. The van der Waals surface area contributed by atoms with Crippen LogP contribution in [0.25, 0.3) is 0 Å². The number of pyridine rings is 1. The maximum atomic E-state index is 13.2. The summed E-state index contributed by atoms with van der Waals surface area (Å²) in [6.45, 7) is 1.75. The fourth-order valence-electron chi connectivity index (χ4n) is 3.34. The SMILES string of the molecule is CC(C)(O/N=C(\C(=O)C[C@@H]1C(=O)N(S(=O)(=O)O)[C@@H]1CNC(=O)Nc1cc(=O)c(O)c[nH]1)c1csc(N)n1)C(=O)O. The highest BCUT2D eigenvalue weighted by atomic mass is 32.2. The number of amides is 3. The second-order valence-corrected chi connectivity index (χ2v) is 10.9. The van der Waals surface area contributed by atoms with Gasteiger partial charge in [0.15, 0.2) is 22.4 Å². The first kappa shape index (κ1) is 30.0. The average molecular weight is 602 g/mol. The maximum absolute atomic E-state index is 13.2. The van der Waals surface area contributed by atoms with Crippen molar-refractivity contribution in [3.63, 3.8) is 0 Å². The molecule has 20 heteroatoms. The summed E-state index contributed by atoms with van der Waals surface area (Å²) in [5.74, 6) is -5.58. The van der Waals surface area contributed by atoms with Crippen LogP contribution >= 0.6 is 11.3 Å². The Morgan fingerprint density at radius 2 is 2.00 bits per heavy atom. The largest absolute Gasteiger partial charge is 0.503 e. The van der Waals surface area contributed by atoms with E-state index in [1.54, 1.807) is 0 Å². The maximum Gasteiger partial charge on any atom is 0.362 e. The zero-order valence-corrected chi connectivity index (χ0v) is 22.3. The van der Waals surface area contributed by atoms with Crippen LogP contribution in [0.4, 0.5) is 15.7 Å². The van der Waals surface area contributed by atoms with Gasteiger partial charge in [0, 0.05) is 30.6 Å². The van der Waals surface area contributed by atoms with Gasteiger partial charge in [-0.05, 0) is 13.8 Å². The van der Waals surface area contributed by atoms with Gasteiger partial charge in [0.2, 0.25) is 16.9 Å². The van der Waals surface area contributed by atoms with Crippen LogP contribution in [0, 0.1) is 5.92 Å². The van der Waals surface area contributed by atoms with Gasteiger partial charge < -0.3 is 31.1 Å². The van der Waals surface area contributed by atoms with E-state index in [4.69, 9.17) is 10.6 Å². The number of anilines is 2. The molecule has 2 atom stereocenters. The number of nitrogens with zero attached hydrogens (tertiary/aromatic N) is 3. The van der Waals surface area contributed by atoms with E-state index in [0.717, 1.165) is 37.4 Å². The lowest BCUT2D eigenvalue weighted by Crippen LogP contribution is -2.66. The molecule has 1 aliphatic rings. The lowest BCUT2D eigenvalue weighted by Gasteiger charge is -2.43. The Labute approximate surface area is 228 Å². The highest BCUT2D eigenvalue weighted by Crippen LogP contribution is 2.32. The van der Waals surface area contributed by atoms with Crippen molar-refractivity contribution in [2.75, 3.05) is 17.6 Å². The third-order valence-corrected chi connectivity index (χ3v) is 7.10. The van der Waals surface area contributed by atoms with E-state index < -0.39 is 81.4 Å². The summed E-state index contributed by atoms with van der Waals surface area (Å²) in [6, 6.07) is -1.52. The van der Waals surface area contributed by atoms with Gasteiger partial charge in [0.05, 0.1) is 12.0 Å². The van der Waals surface area contributed by atoms with Crippen LogP contribution in [0.1, 0.15) is 26.0 Å². The molecule has 3 rings (SSSR count). The Balaban J connectivity index is 1.79. The van der Waals surface area contributed by atoms with Crippen LogP contribution in [-0.2, 0) is 29.5 Å². The predicted octanol–water partition coefficient (Wildman–Crippen LogP) is -0.886. The third-order valence-electron chi connectivity index (χ3n) is 5.48. The van der Waals surface area contributed by atoms with Gasteiger partial charge in [-0.25, -0.2) is 18.9 Å². The minimum atomic E-state index is -5.08. The molecule has 216 valence electrons. The van der Waals surface area contributed by atoms with E-state index >= 15 is 0 Å². The molecule has 0 saturated carbocycles. The zero-order valence-electron chi connectivity index (χ0n) is 20.6. The smallest absolute Gasteiger partial charge is 0.362 e. The molecule has 3 amide bonds. The minimum absolute atomic E-state index is 0.0355. The van der Waals surface area contributed by atoms with Gasteiger partial charge >= 0.3 is 22.3 Å². The first-order valence-electron chi connectivity index (χ1n) is 11.0. The third kappa shape index (κ3) is 6.71. The number of nitrogen functional groups attached to an aromatic ring is 1. The van der Waals surface area contributed by atoms with Crippen LogP contribution in [-0.4, -0.2) is 85.0 Å². The Kier molecular flexibility index (Phi) is 8.45. The Bertz CT molecular complexity index is 1550. The van der Waals surface area contributed by atoms with Crippen LogP contribution in [0.3, 0.4) is 0 Å². The van der Waals surface area contributed by atoms with Crippen molar-refractivity contribution in [3.05, 3.63) is 33.6 Å². The van der Waals surface area contributed by atoms with Crippen LogP contribution in [0.2, 0.25) is 0 Å². The number of thiazole rings is 1. The molecule has 40 heavy (non-hydrogen) atoms. The van der Waals surface area contributed by atoms with E-state index in [1.807, 2.05) is 0 Å². The van der Waals surface area contributed by atoms with Gasteiger partial charge in [0.1, 0.15) is 11.5 Å². The molecule has 2 aromatic heterocycles. The number of urea groups is 1. The number of hydrogen-bond acceptors (Lipinski definition) is 13.